The van der Waals surface area contributed by atoms with Gasteiger partial charge in [-0.15, -0.1) is 0 Å². The number of carboxylic acid groups (broad SMARTS) is 1. The van der Waals surface area contributed by atoms with Crippen LogP contribution in [0.15, 0.2) is 24.4 Å². The Labute approximate surface area is 126 Å². The molecule has 0 aliphatic heterocycles. The smallest absolute Gasteiger partial charge is 0.320 e. The molecular weight excluding hydrogens is 320 g/mol. The summed E-state index contributed by atoms with van der Waals surface area (Å²) in [4.78, 5) is 13.7. The van der Waals surface area contributed by atoms with Gasteiger partial charge in [0.05, 0.1) is 6.26 Å². The lowest BCUT2D eigenvalue weighted by atomic mass is 10.1. The number of hydrogen-bond donors (Lipinski definition) is 4. The summed E-state index contributed by atoms with van der Waals surface area (Å²) in [6.07, 6.45) is 2.79. The zero-order valence-electron chi connectivity index (χ0n) is 11.1. The van der Waals surface area contributed by atoms with Crippen molar-refractivity contribution in [3.63, 3.8) is 0 Å². The van der Waals surface area contributed by atoms with Gasteiger partial charge in [-0.1, -0.05) is 17.7 Å². The fraction of sp³-hybridized carbons (Fsp3) is 0.250. The average molecular weight is 335 g/mol. The number of carboxylic acids is 1. The van der Waals surface area contributed by atoms with Gasteiger partial charge in [-0.05, 0) is 17.7 Å². The highest BCUT2D eigenvalue weighted by atomic mass is 35.5. The number of nitrogens with two attached hydrogens (primary N) is 1. The molecule has 7 nitrogen and oxygen atoms in total. The molecule has 5 N–H and O–H groups in total. The van der Waals surface area contributed by atoms with Gasteiger partial charge in [-0.25, -0.2) is 0 Å². The predicted octanol–water partition coefficient (Wildman–Crippen LogP) is 1.28. The number of carbonyl (C=O) groups is 1. The van der Waals surface area contributed by atoms with Gasteiger partial charge < -0.3 is 15.8 Å². The van der Waals surface area contributed by atoms with E-state index in [1.54, 1.807) is 18.3 Å². The highest BCUT2D eigenvalue weighted by Crippen LogP contribution is 2.22. The summed E-state index contributed by atoms with van der Waals surface area (Å²) < 4.78 is 25.9. The zero-order valence-corrected chi connectivity index (χ0v) is 12.6. The van der Waals surface area contributed by atoms with E-state index in [9.17, 15) is 13.2 Å². The molecule has 0 saturated heterocycles. The van der Waals surface area contributed by atoms with Crippen molar-refractivity contribution in [2.45, 2.75) is 12.5 Å². The summed E-state index contributed by atoms with van der Waals surface area (Å²) in [6, 6.07) is 4.55. The number of aromatic nitrogens is 1. The molecule has 0 bridgehead atoms. The molecule has 0 aliphatic carbocycles. The van der Waals surface area contributed by atoms with Crippen LogP contribution in [0.5, 0.6) is 0 Å². The quantitative estimate of drug-likeness (QED) is 0.625. The SMILES string of the molecule is CS(=O)(=O)O.N[C@H](Cc1c[nH]c2cc(Cl)ccc12)C(=O)O. The van der Waals surface area contributed by atoms with Crippen molar-refractivity contribution >= 4 is 38.6 Å². The van der Waals surface area contributed by atoms with Crippen LogP contribution in [0.25, 0.3) is 10.9 Å². The van der Waals surface area contributed by atoms with E-state index in [4.69, 9.17) is 27.0 Å². The van der Waals surface area contributed by atoms with E-state index in [1.165, 1.54) is 0 Å². The van der Waals surface area contributed by atoms with Crippen LogP contribution >= 0.6 is 11.6 Å². The topological polar surface area (TPSA) is 133 Å². The predicted molar refractivity (Wildman–Crippen MR) is 80.1 cm³/mol. The van der Waals surface area contributed by atoms with Crippen LogP contribution in [0.1, 0.15) is 5.56 Å². The number of fused-ring (bicyclic) bond motifs is 1. The first-order chi connectivity index (χ1) is 9.58. The lowest BCUT2D eigenvalue weighted by Crippen LogP contribution is -2.32. The fourth-order valence-electron chi connectivity index (χ4n) is 1.65. The van der Waals surface area contributed by atoms with Crippen LogP contribution in [0.4, 0.5) is 0 Å². The monoisotopic (exact) mass is 334 g/mol. The average Bonchev–Trinajstić information content (AvgIpc) is 2.69. The highest BCUT2D eigenvalue weighted by Gasteiger charge is 2.14. The van der Waals surface area contributed by atoms with E-state index in [1.807, 2.05) is 6.07 Å². The van der Waals surface area contributed by atoms with E-state index < -0.39 is 22.1 Å². The summed E-state index contributed by atoms with van der Waals surface area (Å²) >= 11 is 5.85. The summed E-state index contributed by atoms with van der Waals surface area (Å²) in [5.41, 5.74) is 7.27. The second kappa shape index (κ2) is 6.90. The van der Waals surface area contributed by atoms with Gasteiger partial charge in [-0.3, -0.25) is 9.35 Å². The maximum Gasteiger partial charge on any atom is 0.320 e. The third kappa shape index (κ3) is 6.13. The number of halogens is 1. The van der Waals surface area contributed by atoms with Crippen molar-refractivity contribution in [1.82, 2.24) is 4.98 Å². The Balaban J connectivity index is 0.000000383. The van der Waals surface area contributed by atoms with Gasteiger partial charge in [0.1, 0.15) is 6.04 Å². The van der Waals surface area contributed by atoms with Crippen molar-refractivity contribution in [2.75, 3.05) is 6.26 Å². The van der Waals surface area contributed by atoms with Gasteiger partial charge in [0, 0.05) is 28.5 Å². The lowest BCUT2D eigenvalue weighted by molar-refractivity contribution is -0.138. The molecule has 2 rings (SSSR count). The number of aliphatic carboxylic acids is 1. The largest absolute Gasteiger partial charge is 0.480 e. The third-order valence-electron chi connectivity index (χ3n) is 2.49. The minimum absolute atomic E-state index is 0.303. The third-order valence-corrected chi connectivity index (χ3v) is 2.72. The van der Waals surface area contributed by atoms with Gasteiger partial charge >= 0.3 is 5.97 Å². The van der Waals surface area contributed by atoms with Gasteiger partial charge in [0.2, 0.25) is 0 Å². The molecule has 1 aromatic carbocycles. The number of benzene rings is 1. The van der Waals surface area contributed by atoms with E-state index in [0.717, 1.165) is 16.5 Å². The molecule has 0 saturated carbocycles. The molecule has 0 radical (unpaired) electrons. The van der Waals surface area contributed by atoms with Gasteiger partial charge in [0.15, 0.2) is 0 Å². The van der Waals surface area contributed by atoms with Crippen molar-refractivity contribution in [3.8, 4) is 0 Å². The summed E-state index contributed by atoms with van der Waals surface area (Å²) in [6.45, 7) is 0. The molecule has 0 amide bonds. The molecular formula is C12H15ClN2O5S. The minimum Gasteiger partial charge on any atom is -0.480 e. The molecule has 0 spiro atoms. The first-order valence-electron chi connectivity index (χ1n) is 5.74. The van der Waals surface area contributed by atoms with Crippen LogP contribution < -0.4 is 5.73 Å². The highest BCUT2D eigenvalue weighted by molar-refractivity contribution is 7.85. The maximum absolute atomic E-state index is 10.7. The van der Waals surface area contributed by atoms with Crippen LogP contribution in [0, 0.1) is 0 Å². The van der Waals surface area contributed by atoms with Crippen LogP contribution in [-0.4, -0.2) is 41.3 Å². The molecule has 21 heavy (non-hydrogen) atoms. The van der Waals surface area contributed by atoms with E-state index in [0.29, 0.717) is 17.7 Å². The Bertz CT molecular complexity index is 733. The Morgan fingerprint density at radius 1 is 1.48 bits per heavy atom. The number of aromatic amines is 1. The van der Waals surface area contributed by atoms with Crippen LogP contribution in [-0.2, 0) is 21.3 Å². The van der Waals surface area contributed by atoms with Gasteiger partial charge in [0.25, 0.3) is 10.1 Å². The minimum atomic E-state index is -3.67. The molecule has 1 atom stereocenters. The Morgan fingerprint density at radius 3 is 2.57 bits per heavy atom. The first-order valence-corrected chi connectivity index (χ1v) is 7.97. The van der Waals surface area contributed by atoms with E-state index in [-0.39, 0.29) is 0 Å². The van der Waals surface area contributed by atoms with Crippen molar-refractivity contribution in [2.24, 2.45) is 5.73 Å². The van der Waals surface area contributed by atoms with Crippen LogP contribution in [0.2, 0.25) is 5.02 Å². The second-order valence-electron chi connectivity index (χ2n) is 4.39. The summed E-state index contributed by atoms with van der Waals surface area (Å²) in [7, 11) is -3.67. The van der Waals surface area contributed by atoms with Crippen LogP contribution in [0.3, 0.4) is 0 Å². The maximum atomic E-state index is 10.7. The number of hydrogen-bond acceptors (Lipinski definition) is 4. The van der Waals surface area contributed by atoms with Gasteiger partial charge in [-0.2, -0.15) is 8.42 Å². The van der Waals surface area contributed by atoms with E-state index >= 15 is 0 Å². The second-order valence-corrected chi connectivity index (χ2v) is 6.29. The van der Waals surface area contributed by atoms with Crippen molar-refractivity contribution < 1.29 is 22.9 Å². The lowest BCUT2D eigenvalue weighted by Gasteiger charge is -2.04. The summed E-state index contributed by atoms with van der Waals surface area (Å²) in [5, 5.41) is 10.3. The molecule has 0 aliphatic rings. The Kier molecular flexibility index (Phi) is 5.73. The normalized spacial score (nSPS) is 12.6. The standard InChI is InChI=1S/C11H11ClN2O2.CH4O3S/c12-7-1-2-8-6(3-9(13)11(15)16)5-14-10(8)4-7;1-5(2,3)4/h1-2,4-5,9,14H,3,13H2,(H,15,16);1H3,(H,2,3,4)/t9-;/m1./s1. The Morgan fingerprint density at radius 2 is 2.05 bits per heavy atom. The molecule has 0 fully saturated rings. The molecule has 9 heteroatoms. The molecule has 1 aromatic heterocycles. The zero-order chi connectivity index (χ0) is 16.2. The fourth-order valence-corrected chi connectivity index (χ4v) is 1.82. The Hall–Kier alpha value is -1.61. The molecule has 1 heterocycles. The number of nitrogens with one attached hydrogen (secondary N) is 1. The summed E-state index contributed by atoms with van der Waals surface area (Å²) in [5.74, 6) is -0.997. The molecule has 116 valence electrons. The van der Waals surface area contributed by atoms with Crippen molar-refractivity contribution in [3.05, 3.63) is 35.0 Å². The molecule has 2 aromatic rings. The number of H-pyrrole nitrogens is 1. The van der Waals surface area contributed by atoms with Crippen molar-refractivity contribution in [1.29, 1.82) is 0 Å². The molecule has 0 unspecified atom stereocenters. The first kappa shape index (κ1) is 17.4. The number of rotatable bonds is 3. The van der Waals surface area contributed by atoms with E-state index in [2.05, 4.69) is 4.98 Å².